The number of aliphatic hydroxyl groups is 1. The summed E-state index contributed by atoms with van der Waals surface area (Å²) in [5.74, 6) is 4.96. The van der Waals surface area contributed by atoms with Gasteiger partial charge < -0.3 is 42.9 Å². The van der Waals surface area contributed by atoms with Gasteiger partial charge in [0.1, 0.15) is 0 Å². The minimum Gasteiger partial charge on any atom is -0.584 e. The Labute approximate surface area is 371 Å². The number of benzene rings is 3. The average Bonchev–Trinajstić information content (AvgIpc) is 3.71. The largest absolute Gasteiger partial charge is 3.00 e. The topological polar surface area (TPSA) is 19.3 Å². The molecular weight excluding hydrogens is 727 g/mol. The number of ether oxygens (including phenoxy) is 1. The zero-order chi connectivity index (χ0) is 37.7. The second-order valence-corrected chi connectivity index (χ2v) is 20.2. The van der Waals surface area contributed by atoms with Crippen molar-refractivity contribution in [1.29, 1.82) is 0 Å². The summed E-state index contributed by atoms with van der Waals surface area (Å²) in [6, 6.07) is 24.8. The Morgan fingerprint density at radius 1 is 0.585 bits per heavy atom. The van der Waals surface area contributed by atoms with Gasteiger partial charge in [-0.1, -0.05) is 127 Å². The Bertz CT molecular complexity index is 1200. The number of para-hydroxylation sites is 3. The quantitative estimate of drug-likeness (QED) is 0.149. The summed E-state index contributed by atoms with van der Waals surface area (Å²) in [6.45, 7) is 33.0. The number of rotatable bonds is 4. The maximum atomic E-state index is 4.43. The van der Waals surface area contributed by atoms with Gasteiger partial charge >= 0.3 is 25.8 Å². The Morgan fingerprint density at radius 3 is 1.13 bits per heavy atom. The van der Waals surface area contributed by atoms with Gasteiger partial charge in [-0.3, -0.25) is 0 Å². The fraction of sp³-hybridized carbons (Fsp3) is 0.489. The van der Waals surface area contributed by atoms with Gasteiger partial charge in [-0.25, -0.2) is 0 Å². The first kappa shape index (κ1) is 61.0. The molecule has 2 aliphatic rings. The number of hydrogen-bond donors (Lipinski definition) is 0. The van der Waals surface area contributed by atoms with Crippen LogP contribution in [0.15, 0.2) is 72.8 Å². The molecule has 0 saturated heterocycles. The van der Waals surface area contributed by atoms with Crippen molar-refractivity contribution in [1.82, 2.24) is 0 Å². The van der Waals surface area contributed by atoms with Crippen molar-refractivity contribution >= 4 is 19.4 Å². The van der Waals surface area contributed by atoms with E-state index in [-0.39, 0.29) is 66.5 Å². The molecule has 4 atom stereocenters. The van der Waals surface area contributed by atoms with Gasteiger partial charge in [0.25, 0.3) is 5.75 Å². The second kappa shape index (κ2) is 32.9. The molecule has 2 saturated carbocycles. The molecule has 0 aliphatic heterocycles. The van der Waals surface area contributed by atoms with Crippen LogP contribution in [-0.4, -0.2) is 48.1 Å². The third-order valence-corrected chi connectivity index (χ3v) is 9.35. The van der Waals surface area contributed by atoms with Crippen LogP contribution >= 0.6 is 0 Å². The Morgan fingerprint density at radius 2 is 0.868 bits per heavy atom. The van der Waals surface area contributed by atoms with E-state index in [4.69, 9.17) is 0 Å². The first-order valence-corrected chi connectivity index (χ1v) is 22.1. The molecule has 3 nitrogen and oxygen atoms in total. The summed E-state index contributed by atoms with van der Waals surface area (Å²) in [5, 5.41) is 0. The molecule has 53 heavy (non-hydrogen) atoms. The molecule has 0 spiro atoms. The molecule has 2 fully saturated rings. The van der Waals surface area contributed by atoms with Crippen LogP contribution < -0.4 is 9.80 Å². The summed E-state index contributed by atoms with van der Waals surface area (Å²) >= 11 is 0. The van der Waals surface area contributed by atoms with Gasteiger partial charge in [0, 0.05) is 31.9 Å². The van der Waals surface area contributed by atoms with Gasteiger partial charge in [-0.05, 0) is 63.8 Å². The van der Waals surface area contributed by atoms with Crippen molar-refractivity contribution in [3.05, 3.63) is 132 Å². The molecule has 1 N–H and O–H groups in total. The molecule has 3 aromatic rings. The van der Waals surface area contributed by atoms with E-state index < -0.39 is 8.07 Å². The van der Waals surface area contributed by atoms with Gasteiger partial charge in [0.15, 0.2) is 7.11 Å². The summed E-state index contributed by atoms with van der Waals surface area (Å²) in [6.07, 6.45) is 7.50. The van der Waals surface area contributed by atoms with Crippen molar-refractivity contribution in [2.75, 3.05) is 45.1 Å². The van der Waals surface area contributed by atoms with Crippen molar-refractivity contribution in [2.24, 2.45) is 23.7 Å². The number of aromatic hydroxyl groups is 1. The molecule has 5 rings (SSSR count). The second-order valence-electron chi connectivity index (χ2n) is 15.1. The van der Waals surface area contributed by atoms with E-state index in [2.05, 4.69) is 126 Å². The van der Waals surface area contributed by atoms with E-state index in [1.54, 1.807) is 6.92 Å². The van der Waals surface area contributed by atoms with E-state index in [0.717, 1.165) is 34.8 Å². The summed E-state index contributed by atoms with van der Waals surface area (Å²) in [4.78, 5) is 4.12. The van der Waals surface area contributed by atoms with E-state index in [1.807, 2.05) is 71.7 Å². The van der Waals surface area contributed by atoms with Crippen LogP contribution in [0.3, 0.4) is 0 Å². The monoisotopic (exact) mass is 808 g/mol. The molecule has 1 radical (unpaired) electrons. The Hall–Kier alpha value is -1.24. The van der Waals surface area contributed by atoms with Crippen molar-refractivity contribution < 1.29 is 56.4 Å². The van der Waals surface area contributed by atoms with E-state index in [1.165, 1.54) is 54.8 Å². The SMILES string of the molecule is C1CCCC1.C[OH+]c1ccccc1C1C(C)C(C)C(C)C1C.[CH2-]C.[CH2-][Si](C)(C)C.[CH2-]c1ccccc1N(C)C.[CH2-]c1ccccc1N(C)C.[CH3-].[CH3-].[Sc+3].[Sc]. The van der Waals surface area contributed by atoms with Crippen molar-refractivity contribution in [3.63, 3.8) is 0 Å². The number of anilines is 2. The fourth-order valence-corrected chi connectivity index (χ4v) is 6.41. The van der Waals surface area contributed by atoms with Crippen LogP contribution in [0.1, 0.15) is 89.3 Å². The van der Waals surface area contributed by atoms with Gasteiger partial charge in [0.2, 0.25) is 0 Å². The predicted octanol–water partition coefficient (Wildman–Crippen LogP) is 13.5. The van der Waals surface area contributed by atoms with Crippen LogP contribution in [0.2, 0.25) is 19.6 Å². The molecule has 0 aromatic heterocycles. The number of hydrogen-bond acceptors (Lipinski definition) is 2. The standard InChI is InChI=1S/C16H24O.2C9H12N.C5H10.C4H11Si.C2H5.2CH3.2Sc/c1-10-11(2)13(4)16(12(10)3)14-8-6-7-9-15(14)17-5;2*1-8-6-4-5-7-9(8)10(2)3;1-2-4-5-3-1;1-5(2,3)4;1-2;;;;/h6-13,16H,1-5H3;2*4-7H,1H2,2-3H3;1-5H2;1H2,2-4H3;1H2,2H3;2*1H3;;/q;2*-1;;4*-1;;+3/p+1. The van der Waals surface area contributed by atoms with Gasteiger partial charge in [-0.15, -0.1) is 20.2 Å². The van der Waals surface area contributed by atoms with Crippen LogP contribution in [-0.2, 0) is 51.7 Å². The summed E-state index contributed by atoms with van der Waals surface area (Å²) < 4.78 is 4.43. The normalized spacial score (nSPS) is 19.0. The fourth-order valence-electron chi connectivity index (χ4n) is 6.41. The molecule has 6 heteroatoms. The molecule has 0 bridgehead atoms. The smallest absolute Gasteiger partial charge is 0.584 e. The Kier molecular flexibility index (Phi) is 37.9. The zero-order valence-electron chi connectivity index (χ0n) is 37.2. The van der Waals surface area contributed by atoms with Gasteiger partial charge in [0.05, 0.1) is 5.56 Å². The predicted molar refractivity (Wildman–Crippen MR) is 240 cm³/mol. The van der Waals surface area contributed by atoms with Crippen LogP contribution in [0, 0.1) is 65.8 Å². The van der Waals surface area contributed by atoms with Crippen LogP contribution in [0.4, 0.5) is 11.4 Å². The zero-order valence-corrected chi connectivity index (χ0v) is 41.8. The third-order valence-electron chi connectivity index (χ3n) is 9.35. The summed E-state index contributed by atoms with van der Waals surface area (Å²) in [5.41, 5.74) is 5.97. The molecule has 2 aliphatic carbocycles. The maximum absolute atomic E-state index is 4.43. The summed E-state index contributed by atoms with van der Waals surface area (Å²) in [7, 11) is 9.11. The van der Waals surface area contributed by atoms with Gasteiger partial charge in [-0.2, -0.15) is 44.0 Å². The molecule has 4 unspecified atom stereocenters. The first-order chi connectivity index (χ1) is 23.0. The average molecular weight is 808 g/mol. The molecular formula is C47H81N2OSc2Si-2. The molecule has 0 heterocycles. The molecule has 0 amide bonds. The van der Waals surface area contributed by atoms with Crippen LogP contribution in [0.25, 0.3) is 0 Å². The molecule has 3 aromatic carbocycles. The maximum Gasteiger partial charge on any atom is 3.00 e. The van der Waals surface area contributed by atoms with E-state index in [0.29, 0.717) is 5.92 Å². The minimum absolute atomic E-state index is 0. The van der Waals surface area contributed by atoms with Crippen molar-refractivity contribution in [2.45, 2.75) is 92.3 Å². The van der Waals surface area contributed by atoms with Crippen molar-refractivity contribution in [3.8, 4) is 5.75 Å². The molecule has 297 valence electrons. The minimum atomic E-state index is -0.861. The third kappa shape index (κ3) is 24.1. The van der Waals surface area contributed by atoms with E-state index in [9.17, 15) is 0 Å². The number of nitrogens with zero attached hydrogens (tertiary/aromatic N) is 2. The Balaban J connectivity index is -0.000000188. The van der Waals surface area contributed by atoms with Crippen LogP contribution in [0.5, 0.6) is 5.75 Å². The van der Waals surface area contributed by atoms with E-state index >= 15 is 0 Å². The first-order valence-electron chi connectivity index (χ1n) is 18.4.